The Kier molecular flexibility index (Phi) is 6.01. The first-order valence-electron chi connectivity index (χ1n) is 13.0. The molecule has 0 radical (unpaired) electrons. The second-order valence-corrected chi connectivity index (χ2v) is 10.4. The second-order valence-electron chi connectivity index (χ2n) is 10.4. The number of fused-ring (bicyclic) bond motifs is 3. The number of aromatic nitrogens is 2. The van der Waals surface area contributed by atoms with Gasteiger partial charge in [0.25, 0.3) is 0 Å². The molecule has 3 aromatic rings. The molecule has 1 N–H and O–H groups in total. The lowest BCUT2D eigenvalue weighted by atomic mass is 10.0. The number of imidazole rings is 1. The fraction of sp³-hybridized carbons (Fsp3) is 0.464. The number of benzene rings is 2. The lowest BCUT2D eigenvalue weighted by molar-refractivity contribution is -0.126. The third-order valence-corrected chi connectivity index (χ3v) is 8.45. The number of rotatable bonds is 5. The molecule has 3 aliphatic rings. The van der Waals surface area contributed by atoms with Gasteiger partial charge in [-0.2, -0.15) is 0 Å². The van der Waals surface area contributed by atoms with E-state index in [4.69, 9.17) is 4.98 Å². The van der Waals surface area contributed by atoms with E-state index in [1.165, 1.54) is 5.56 Å². The van der Waals surface area contributed by atoms with E-state index in [1.54, 1.807) is 0 Å². The molecule has 6 rings (SSSR count). The summed E-state index contributed by atoms with van der Waals surface area (Å²) in [5.41, 5.74) is 4.40. The number of nitrogens with zero attached hydrogens (tertiary/aromatic N) is 5. The zero-order chi connectivity index (χ0) is 24.8. The van der Waals surface area contributed by atoms with Gasteiger partial charge in [-0.05, 0) is 50.1 Å². The Balaban J connectivity index is 1.13. The van der Waals surface area contributed by atoms with Crippen LogP contribution in [0.15, 0.2) is 48.5 Å². The predicted molar refractivity (Wildman–Crippen MR) is 140 cm³/mol. The molecule has 4 heterocycles. The molecule has 1 aromatic heterocycles. The largest absolute Gasteiger partial charge is 0.353 e. The van der Waals surface area contributed by atoms with E-state index < -0.39 is 0 Å². The van der Waals surface area contributed by atoms with Crippen molar-refractivity contribution in [3.05, 3.63) is 59.9 Å². The molecule has 0 saturated carbocycles. The third-order valence-electron chi connectivity index (χ3n) is 8.45. The summed E-state index contributed by atoms with van der Waals surface area (Å²) in [4.78, 5) is 37.7. The van der Waals surface area contributed by atoms with Crippen LogP contribution in [0.3, 0.4) is 0 Å². The molecule has 2 fully saturated rings. The summed E-state index contributed by atoms with van der Waals surface area (Å²) in [6.45, 7) is 2.83. The van der Waals surface area contributed by atoms with E-state index in [2.05, 4.69) is 38.9 Å². The first-order chi connectivity index (χ1) is 17.5. The fourth-order valence-corrected chi connectivity index (χ4v) is 6.37. The average Bonchev–Trinajstić information content (AvgIpc) is 3.57. The van der Waals surface area contributed by atoms with Crippen LogP contribution in [0.5, 0.6) is 0 Å². The highest BCUT2D eigenvalue weighted by atomic mass is 16.2. The molecule has 2 saturated heterocycles. The Hall–Kier alpha value is -3.23. The van der Waals surface area contributed by atoms with Crippen LogP contribution in [0.25, 0.3) is 11.0 Å². The van der Waals surface area contributed by atoms with Crippen molar-refractivity contribution >= 4 is 28.5 Å². The van der Waals surface area contributed by atoms with Gasteiger partial charge in [0.15, 0.2) is 0 Å². The van der Waals surface area contributed by atoms with Crippen molar-refractivity contribution in [1.82, 2.24) is 24.7 Å². The van der Waals surface area contributed by atoms with Crippen LogP contribution in [-0.4, -0.2) is 76.0 Å². The van der Waals surface area contributed by atoms with E-state index in [1.807, 2.05) is 48.3 Å². The molecule has 8 heteroatoms. The normalized spacial score (nSPS) is 24.6. The Morgan fingerprint density at radius 2 is 1.89 bits per heavy atom. The van der Waals surface area contributed by atoms with E-state index in [0.29, 0.717) is 19.5 Å². The number of aryl methyl sites for hydroxylation is 1. The lowest BCUT2D eigenvalue weighted by Gasteiger charge is -2.33. The minimum atomic E-state index is -0.207. The van der Waals surface area contributed by atoms with Crippen molar-refractivity contribution in [2.75, 3.05) is 31.6 Å². The summed E-state index contributed by atoms with van der Waals surface area (Å²) in [5.74, 6) is 1.24. The number of nitrogens with one attached hydrogen (secondary N) is 1. The van der Waals surface area contributed by atoms with Gasteiger partial charge in [0.1, 0.15) is 11.9 Å². The summed E-state index contributed by atoms with van der Waals surface area (Å²) < 4.78 is 2.13. The van der Waals surface area contributed by atoms with E-state index in [9.17, 15) is 9.59 Å². The van der Waals surface area contributed by atoms with E-state index >= 15 is 0 Å². The van der Waals surface area contributed by atoms with Crippen molar-refractivity contribution in [2.45, 2.75) is 50.4 Å². The number of amides is 2. The molecule has 2 aromatic carbocycles. The smallest absolute Gasteiger partial charge is 0.239 e. The summed E-state index contributed by atoms with van der Waals surface area (Å²) in [5, 5.41) is 3.19. The highest BCUT2D eigenvalue weighted by Crippen LogP contribution is 2.31. The quantitative estimate of drug-likeness (QED) is 0.599. The summed E-state index contributed by atoms with van der Waals surface area (Å²) in [6.07, 6.45) is 3.08. The molecular weight excluding hydrogens is 452 g/mol. The van der Waals surface area contributed by atoms with Crippen LogP contribution < -0.4 is 10.2 Å². The first kappa shape index (κ1) is 23.2. The van der Waals surface area contributed by atoms with Crippen molar-refractivity contribution in [3.8, 4) is 0 Å². The maximum absolute atomic E-state index is 13.2. The Labute approximate surface area is 211 Å². The van der Waals surface area contributed by atoms with Gasteiger partial charge in [0, 0.05) is 50.9 Å². The highest BCUT2D eigenvalue weighted by Gasteiger charge is 2.45. The van der Waals surface area contributed by atoms with Crippen LogP contribution in [0.2, 0.25) is 0 Å². The zero-order valence-corrected chi connectivity index (χ0v) is 21.1. The molecule has 2 amide bonds. The summed E-state index contributed by atoms with van der Waals surface area (Å²) in [6, 6.07) is 16.4. The lowest BCUT2D eigenvalue weighted by Crippen LogP contribution is -2.49. The maximum atomic E-state index is 13.2. The van der Waals surface area contributed by atoms with E-state index in [-0.39, 0.29) is 29.9 Å². The molecule has 0 bridgehead atoms. The third kappa shape index (κ3) is 3.98. The number of carbonyl (C=O) groups excluding carboxylic acids is 2. The molecular formula is C28H34N6O2. The van der Waals surface area contributed by atoms with Crippen molar-refractivity contribution in [1.29, 1.82) is 0 Å². The molecule has 188 valence electrons. The standard InChI is InChI=1S/C28H34N6O2/c1-31-20(11-12-26(35)34-16-13-19-7-3-5-9-22(19)34)17-29-28(36)27-24(31)14-15-33(27)18-25-30-21-8-4-6-10-23(21)32(25)2/h3-10,20,24,27H,11-18H2,1-2H3,(H,29,36)/t20-,24+,27-/m0/s1. The van der Waals surface area contributed by atoms with Crippen LogP contribution >= 0.6 is 0 Å². The first-order valence-corrected chi connectivity index (χ1v) is 13.0. The zero-order valence-electron chi connectivity index (χ0n) is 21.1. The van der Waals surface area contributed by atoms with Crippen molar-refractivity contribution < 1.29 is 9.59 Å². The van der Waals surface area contributed by atoms with Crippen LogP contribution in [0.1, 0.15) is 30.7 Å². The van der Waals surface area contributed by atoms with Gasteiger partial charge in [0.05, 0.1) is 17.6 Å². The molecule has 3 atom stereocenters. The molecule has 8 nitrogen and oxygen atoms in total. The molecule has 36 heavy (non-hydrogen) atoms. The number of hydrogen-bond acceptors (Lipinski definition) is 5. The Bertz CT molecular complexity index is 1300. The predicted octanol–water partition coefficient (Wildman–Crippen LogP) is 2.32. The fourth-order valence-electron chi connectivity index (χ4n) is 6.37. The average molecular weight is 487 g/mol. The van der Waals surface area contributed by atoms with E-state index in [0.717, 1.165) is 54.9 Å². The molecule has 3 aliphatic heterocycles. The van der Waals surface area contributed by atoms with Gasteiger partial charge in [-0.15, -0.1) is 0 Å². The van der Waals surface area contributed by atoms with Crippen molar-refractivity contribution in [3.63, 3.8) is 0 Å². The number of likely N-dealkylation sites (N-methyl/N-ethyl adjacent to an activating group) is 1. The van der Waals surface area contributed by atoms with Gasteiger partial charge in [-0.1, -0.05) is 30.3 Å². The molecule has 0 aliphatic carbocycles. The van der Waals surface area contributed by atoms with Gasteiger partial charge in [-0.3, -0.25) is 19.4 Å². The van der Waals surface area contributed by atoms with Crippen molar-refractivity contribution in [2.24, 2.45) is 7.05 Å². The summed E-state index contributed by atoms with van der Waals surface area (Å²) >= 11 is 0. The number of hydrogen-bond donors (Lipinski definition) is 1. The molecule has 0 spiro atoms. The van der Waals surface area contributed by atoms with Gasteiger partial charge >= 0.3 is 0 Å². The number of carbonyl (C=O) groups is 2. The Morgan fingerprint density at radius 3 is 2.75 bits per heavy atom. The minimum absolute atomic E-state index is 0.0883. The van der Waals surface area contributed by atoms with Gasteiger partial charge in [0.2, 0.25) is 11.8 Å². The maximum Gasteiger partial charge on any atom is 0.239 e. The number of anilines is 1. The monoisotopic (exact) mass is 486 g/mol. The molecule has 0 unspecified atom stereocenters. The van der Waals surface area contributed by atoms with Crippen LogP contribution in [0.4, 0.5) is 5.69 Å². The van der Waals surface area contributed by atoms with Gasteiger partial charge in [-0.25, -0.2) is 4.98 Å². The second kappa shape index (κ2) is 9.33. The summed E-state index contributed by atoms with van der Waals surface area (Å²) in [7, 11) is 4.17. The van der Waals surface area contributed by atoms with Gasteiger partial charge < -0.3 is 14.8 Å². The van der Waals surface area contributed by atoms with Crippen LogP contribution in [-0.2, 0) is 29.6 Å². The SMILES string of the molecule is CN1[C@@H](CCC(=O)N2CCc3ccccc32)CNC(=O)[C@@H]2[C@H]1CCN2Cc1nc2ccccc2n1C. The number of likely N-dealkylation sites (tertiary alicyclic amines) is 1. The van der Waals surface area contributed by atoms with Crippen LogP contribution in [0, 0.1) is 0 Å². The highest BCUT2D eigenvalue weighted by molar-refractivity contribution is 5.95. The topological polar surface area (TPSA) is 73.7 Å². The Morgan fingerprint density at radius 1 is 1.08 bits per heavy atom. The number of para-hydroxylation sites is 3. The minimum Gasteiger partial charge on any atom is -0.353 e.